The summed E-state index contributed by atoms with van der Waals surface area (Å²) < 4.78 is 25.1. The number of nitrogens with two attached hydrogens (primary N) is 1. The zero-order valence-electron chi connectivity index (χ0n) is 10.9. The Labute approximate surface area is 108 Å². The Morgan fingerprint density at radius 1 is 1.33 bits per heavy atom. The maximum Gasteiger partial charge on any atom is 0.152 e. The van der Waals surface area contributed by atoms with E-state index in [0.717, 1.165) is 18.1 Å². The maximum atomic E-state index is 11.6. The van der Waals surface area contributed by atoms with Gasteiger partial charge in [0.25, 0.3) is 0 Å². The lowest BCUT2D eigenvalue weighted by atomic mass is 10.3. The molecule has 7 heteroatoms. The Kier molecular flexibility index (Phi) is 3.52. The van der Waals surface area contributed by atoms with Crippen LogP contribution in [0.15, 0.2) is 0 Å². The topological polar surface area (TPSA) is 81.2 Å². The smallest absolute Gasteiger partial charge is 0.152 e. The van der Waals surface area contributed by atoms with E-state index in [4.69, 9.17) is 5.73 Å². The van der Waals surface area contributed by atoms with Gasteiger partial charge in [0.1, 0.15) is 0 Å². The first-order chi connectivity index (χ1) is 8.44. The zero-order chi connectivity index (χ0) is 13.3. The molecule has 1 aliphatic rings. The first-order valence-corrected chi connectivity index (χ1v) is 8.05. The van der Waals surface area contributed by atoms with Gasteiger partial charge in [-0.15, -0.1) is 0 Å². The highest BCUT2D eigenvalue weighted by atomic mass is 32.2. The zero-order valence-corrected chi connectivity index (χ0v) is 11.7. The van der Waals surface area contributed by atoms with Gasteiger partial charge in [0.2, 0.25) is 0 Å². The van der Waals surface area contributed by atoms with Crippen LogP contribution in [-0.4, -0.2) is 42.8 Å². The van der Waals surface area contributed by atoms with E-state index < -0.39 is 9.84 Å². The number of rotatable bonds is 2. The Balaban J connectivity index is 2.31. The predicted octanol–water partition coefficient (Wildman–Crippen LogP) is 0.419. The fourth-order valence-electron chi connectivity index (χ4n) is 2.29. The van der Waals surface area contributed by atoms with Gasteiger partial charge in [0, 0.05) is 19.6 Å². The average molecular weight is 272 g/mol. The van der Waals surface area contributed by atoms with E-state index in [1.165, 1.54) is 0 Å². The van der Waals surface area contributed by atoms with E-state index in [9.17, 15) is 8.42 Å². The molecule has 0 bridgehead atoms. The maximum absolute atomic E-state index is 11.6. The molecule has 6 nitrogen and oxygen atoms in total. The van der Waals surface area contributed by atoms with Gasteiger partial charge in [-0.3, -0.25) is 0 Å². The minimum Gasteiger partial charge on any atom is -0.394 e. The summed E-state index contributed by atoms with van der Waals surface area (Å²) in [6, 6.07) is 0. The fourth-order valence-corrected chi connectivity index (χ4v) is 3.56. The summed E-state index contributed by atoms with van der Waals surface area (Å²) >= 11 is 0. The van der Waals surface area contributed by atoms with Gasteiger partial charge in [0.05, 0.1) is 22.9 Å². The molecule has 1 aliphatic heterocycles. The molecule has 0 amide bonds. The molecule has 102 valence electrons. The molecule has 0 aliphatic carbocycles. The molecule has 2 rings (SSSR count). The summed E-state index contributed by atoms with van der Waals surface area (Å²) in [6.07, 6.45) is 0.649. The fraction of sp³-hybridized carbons (Fsp3) is 0.727. The molecule has 0 atom stereocenters. The third kappa shape index (κ3) is 2.45. The lowest BCUT2D eigenvalue weighted by molar-refractivity contribution is 0.597. The monoisotopic (exact) mass is 272 g/mol. The molecule has 18 heavy (non-hydrogen) atoms. The Bertz CT molecular complexity index is 535. The van der Waals surface area contributed by atoms with Crippen LogP contribution in [0.1, 0.15) is 19.0 Å². The summed E-state index contributed by atoms with van der Waals surface area (Å²) in [6.45, 7) is 5.83. The summed E-state index contributed by atoms with van der Waals surface area (Å²) in [7, 11) is -2.90. The summed E-state index contributed by atoms with van der Waals surface area (Å²) in [5.74, 6) is 1.33. The van der Waals surface area contributed by atoms with Crippen molar-refractivity contribution >= 4 is 21.3 Å². The molecule has 1 aromatic heterocycles. The first-order valence-electron chi connectivity index (χ1n) is 6.23. The van der Waals surface area contributed by atoms with Crippen LogP contribution in [0.4, 0.5) is 11.5 Å². The van der Waals surface area contributed by atoms with Crippen LogP contribution in [0.3, 0.4) is 0 Å². The SMILES string of the molecule is CCn1nc(C)c(N)c1N1CCCS(=O)(=O)CC1. The highest BCUT2D eigenvalue weighted by molar-refractivity contribution is 7.91. The number of aromatic nitrogens is 2. The number of sulfone groups is 1. The lowest BCUT2D eigenvalue weighted by Crippen LogP contribution is -2.29. The van der Waals surface area contributed by atoms with Crippen LogP contribution >= 0.6 is 0 Å². The second kappa shape index (κ2) is 4.79. The molecule has 2 heterocycles. The van der Waals surface area contributed by atoms with Gasteiger partial charge in [-0.25, -0.2) is 13.1 Å². The predicted molar refractivity (Wildman–Crippen MR) is 72.5 cm³/mol. The molecule has 0 unspecified atom stereocenters. The molecule has 1 aromatic rings. The molecular formula is C11H20N4O2S. The molecule has 0 spiro atoms. The normalized spacial score (nSPS) is 19.8. The molecule has 2 N–H and O–H groups in total. The van der Waals surface area contributed by atoms with E-state index in [0.29, 0.717) is 25.2 Å². The molecule has 1 saturated heterocycles. The number of nitrogens with zero attached hydrogens (tertiary/aromatic N) is 3. The molecule has 0 aromatic carbocycles. The van der Waals surface area contributed by atoms with Crippen LogP contribution in [0.2, 0.25) is 0 Å². The first kappa shape index (κ1) is 13.2. The molecular weight excluding hydrogens is 252 g/mol. The van der Waals surface area contributed by atoms with Crippen LogP contribution < -0.4 is 10.6 Å². The van der Waals surface area contributed by atoms with Gasteiger partial charge in [-0.05, 0) is 20.3 Å². The lowest BCUT2D eigenvalue weighted by Gasteiger charge is -2.23. The van der Waals surface area contributed by atoms with Gasteiger partial charge >= 0.3 is 0 Å². The second-order valence-electron chi connectivity index (χ2n) is 4.63. The van der Waals surface area contributed by atoms with Crippen LogP contribution in [0, 0.1) is 6.92 Å². The highest BCUT2D eigenvalue weighted by Crippen LogP contribution is 2.27. The third-order valence-corrected chi connectivity index (χ3v) is 5.02. The third-order valence-electron chi connectivity index (χ3n) is 3.30. The van der Waals surface area contributed by atoms with Crippen LogP contribution in [0.5, 0.6) is 0 Å². The van der Waals surface area contributed by atoms with Crippen LogP contribution in [0.25, 0.3) is 0 Å². The van der Waals surface area contributed by atoms with Crippen molar-refractivity contribution in [1.29, 1.82) is 0 Å². The van der Waals surface area contributed by atoms with Gasteiger partial charge < -0.3 is 10.6 Å². The van der Waals surface area contributed by atoms with E-state index in [1.807, 2.05) is 23.4 Å². The minimum absolute atomic E-state index is 0.195. The second-order valence-corrected chi connectivity index (χ2v) is 6.93. The summed E-state index contributed by atoms with van der Waals surface area (Å²) in [5.41, 5.74) is 7.52. The van der Waals surface area contributed by atoms with Crippen molar-refractivity contribution in [2.75, 3.05) is 35.2 Å². The largest absolute Gasteiger partial charge is 0.394 e. The van der Waals surface area contributed by atoms with Crippen LogP contribution in [-0.2, 0) is 16.4 Å². The number of hydrogen-bond donors (Lipinski definition) is 1. The standard InChI is InChI=1S/C11H20N4O2S/c1-3-15-11(10(12)9(2)13-15)14-5-4-7-18(16,17)8-6-14/h3-8,12H2,1-2H3. The van der Waals surface area contributed by atoms with Gasteiger partial charge in [0.15, 0.2) is 15.7 Å². The van der Waals surface area contributed by atoms with Gasteiger partial charge in [-0.2, -0.15) is 5.10 Å². The van der Waals surface area contributed by atoms with Crippen molar-refractivity contribution < 1.29 is 8.42 Å². The van der Waals surface area contributed by atoms with E-state index in [2.05, 4.69) is 5.10 Å². The Morgan fingerprint density at radius 2 is 2.06 bits per heavy atom. The van der Waals surface area contributed by atoms with E-state index in [-0.39, 0.29) is 11.5 Å². The number of anilines is 2. The summed E-state index contributed by atoms with van der Waals surface area (Å²) in [4.78, 5) is 2.05. The van der Waals surface area contributed by atoms with Crippen molar-refractivity contribution in [3.63, 3.8) is 0 Å². The van der Waals surface area contributed by atoms with Crippen molar-refractivity contribution in [3.05, 3.63) is 5.69 Å². The number of aryl methyl sites for hydroxylation is 2. The average Bonchev–Trinajstić information content (AvgIpc) is 2.48. The van der Waals surface area contributed by atoms with Crippen molar-refractivity contribution in [3.8, 4) is 0 Å². The molecule has 1 fully saturated rings. The van der Waals surface area contributed by atoms with E-state index >= 15 is 0 Å². The van der Waals surface area contributed by atoms with Crippen molar-refractivity contribution in [2.45, 2.75) is 26.8 Å². The van der Waals surface area contributed by atoms with Crippen molar-refractivity contribution in [1.82, 2.24) is 9.78 Å². The minimum atomic E-state index is -2.90. The number of nitrogen functional groups attached to an aromatic ring is 1. The molecule has 0 saturated carbocycles. The Hall–Kier alpha value is -1.24. The highest BCUT2D eigenvalue weighted by Gasteiger charge is 2.24. The Morgan fingerprint density at radius 3 is 2.72 bits per heavy atom. The quantitative estimate of drug-likeness (QED) is 0.843. The van der Waals surface area contributed by atoms with E-state index in [1.54, 1.807) is 0 Å². The van der Waals surface area contributed by atoms with Gasteiger partial charge in [-0.1, -0.05) is 0 Å². The number of hydrogen-bond acceptors (Lipinski definition) is 5. The molecule has 0 radical (unpaired) electrons. The van der Waals surface area contributed by atoms with Crippen molar-refractivity contribution in [2.24, 2.45) is 0 Å². The summed E-state index contributed by atoms with van der Waals surface area (Å²) in [5, 5.41) is 4.37.